The molecule has 4 N–H and O–H groups in total. The number of benzene rings is 2. The third kappa shape index (κ3) is 13.5. The first kappa shape index (κ1) is 35.4. The van der Waals surface area contributed by atoms with Crippen LogP contribution in [0.4, 0.5) is 9.18 Å². The van der Waals surface area contributed by atoms with E-state index < -0.39 is 47.6 Å². The number of ether oxygens (including phenoxy) is 2. The van der Waals surface area contributed by atoms with Crippen LogP contribution in [0.25, 0.3) is 0 Å². The number of halogens is 1. The molecule has 0 bridgehead atoms. The normalized spacial score (nSPS) is 12.9. The molecule has 9 nitrogen and oxygen atoms in total. The second-order valence-electron chi connectivity index (χ2n) is 10.7. The topological polar surface area (TPSA) is 134 Å². The molecule has 0 spiro atoms. The molecule has 0 aliphatic rings. The second-order valence-corrected chi connectivity index (χ2v) is 13.1. The lowest BCUT2D eigenvalue weighted by Crippen LogP contribution is -2.54. The number of carbonyl (C=O) groups excluding carboxylic acids is 3. The Bertz CT molecular complexity index is 1150. The fourth-order valence-corrected chi connectivity index (χ4v) is 5.39. The molecule has 0 aliphatic heterocycles. The van der Waals surface area contributed by atoms with E-state index in [1.165, 1.54) is 47.8 Å². The number of thioether (sulfide) groups is 2. The Kier molecular flexibility index (Phi) is 14.6. The van der Waals surface area contributed by atoms with E-state index >= 15 is 0 Å². The molecule has 0 unspecified atom stereocenters. The van der Waals surface area contributed by atoms with Gasteiger partial charge in [-0.2, -0.15) is 0 Å². The summed E-state index contributed by atoms with van der Waals surface area (Å²) in [5, 5.41) is 23.9. The van der Waals surface area contributed by atoms with E-state index in [4.69, 9.17) is 9.47 Å². The molecular formula is C30H41FN2O7S2. The van der Waals surface area contributed by atoms with E-state index in [1.54, 1.807) is 34.6 Å². The summed E-state index contributed by atoms with van der Waals surface area (Å²) in [5.74, 6) is -0.787. The molecule has 232 valence electrons. The van der Waals surface area contributed by atoms with E-state index in [2.05, 4.69) is 10.6 Å². The molecule has 42 heavy (non-hydrogen) atoms. The molecule has 2 rings (SSSR count). The molecule has 0 aliphatic carbocycles. The van der Waals surface area contributed by atoms with Gasteiger partial charge in [0.25, 0.3) is 0 Å². The summed E-state index contributed by atoms with van der Waals surface area (Å²) in [5.41, 5.74) is 0.513. The Labute approximate surface area is 255 Å². The van der Waals surface area contributed by atoms with E-state index in [9.17, 15) is 29.0 Å². The lowest BCUT2D eigenvalue weighted by atomic mass is 10.0. The third-order valence-electron chi connectivity index (χ3n) is 5.41. The van der Waals surface area contributed by atoms with E-state index in [0.717, 1.165) is 15.4 Å². The third-order valence-corrected chi connectivity index (χ3v) is 7.32. The highest BCUT2D eigenvalue weighted by molar-refractivity contribution is 8.00. The fraction of sp³-hybridized carbons (Fsp3) is 0.500. The molecule has 0 saturated carbocycles. The van der Waals surface area contributed by atoms with Crippen LogP contribution in [0.5, 0.6) is 0 Å². The van der Waals surface area contributed by atoms with Crippen molar-refractivity contribution in [2.75, 3.05) is 24.7 Å². The zero-order valence-corrected chi connectivity index (χ0v) is 26.3. The number of amides is 2. The first-order valence-corrected chi connectivity index (χ1v) is 15.6. The Morgan fingerprint density at radius 1 is 0.857 bits per heavy atom. The van der Waals surface area contributed by atoms with Crippen LogP contribution in [0, 0.1) is 5.82 Å². The quantitative estimate of drug-likeness (QED) is 0.171. The van der Waals surface area contributed by atoms with Gasteiger partial charge in [-0.3, -0.25) is 4.79 Å². The van der Waals surface area contributed by atoms with Crippen molar-refractivity contribution in [2.45, 2.75) is 81.0 Å². The molecule has 2 atom stereocenters. The van der Waals surface area contributed by atoms with Crippen LogP contribution < -0.4 is 10.6 Å². The fourth-order valence-electron chi connectivity index (χ4n) is 3.77. The van der Waals surface area contributed by atoms with Crippen molar-refractivity contribution in [1.29, 1.82) is 0 Å². The minimum Gasteiger partial charge on any atom is -0.461 e. The molecular weight excluding hydrogens is 583 g/mol. The summed E-state index contributed by atoms with van der Waals surface area (Å²) in [7, 11) is 0. The van der Waals surface area contributed by atoms with Gasteiger partial charge in [0.2, 0.25) is 5.91 Å². The number of hydrogen-bond donors (Lipinski definition) is 4. The first-order valence-electron chi connectivity index (χ1n) is 13.7. The number of nitrogens with one attached hydrogen (secondary N) is 2. The number of rotatable bonds is 15. The van der Waals surface area contributed by atoms with E-state index in [0.29, 0.717) is 17.1 Å². The van der Waals surface area contributed by atoms with Crippen molar-refractivity contribution in [3.8, 4) is 0 Å². The molecule has 0 heterocycles. The summed E-state index contributed by atoms with van der Waals surface area (Å²) in [6.07, 6.45) is -1.13. The van der Waals surface area contributed by atoms with Crippen molar-refractivity contribution >= 4 is 41.5 Å². The van der Waals surface area contributed by atoms with Crippen molar-refractivity contribution in [3.63, 3.8) is 0 Å². The van der Waals surface area contributed by atoms with E-state index in [-0.39, 0.29) is 26.1 Å². The average molecular weight is 625 g/mol. The summed E-state index contributed by atoms with van der Waals surface area (Å²) in [6.45, 7) is 8.46. The Morgan fingerprint density at radius 2 is 1.40 bits per heavy atom. The smallest absolute Gasteiger partial charge is 0.408 e. The van der Waals surface area contributed by atoms with Gasteiger partial charge in [-0.1, -0.05) is 12.1 Å². The Morgan fingerprint density at radius 3 is 1.90 bits per heavy atom. The van der Waals surface area contributed by atoms with Gasteiger partial charge in [0.1, 0.15) is 23.5 Å². The molecule has 0 fully saturated rings. The molecule has 0 radical (unpaired) electrons. The molecule has 0 saturated heterocycles. The Balaban J connectivity index is 2.39. The molecule has 2 aromatic carbocycles. The van der Waals surface area contributed by atoms with Gasteiger partial charge in [0, 0.05) is 34.1 Å². The lowest BCUT2D eigenvalue weighted by Gasteiger charge is -2.26. The maximum Gasteiger partial charge on any atom is 0.408 e. The zero-order valence-electron chi connectivity index (χ0n) is 24.6. The summed E-state index contributed by atoms with van der Waals surface area (Å²) >= 11 is 2.87. The molecule has 12 heteroatoms. The maximum atomic E-state index is 13.7. The predicted molar refractivity (Wildman–Crippen MR) is 162 cm³/mol. The average Bonchev–Trinajstić information content (AvgIpc) is 2.89. The van der Waals surface area contributed by atoms with Crippen molar-refractivity contribution in [2.24, 2.45) is 0 Å². The zero-order chi connectivity index (χ0) is 31.3. The van der Waals surface area contributed by atoms with Crippen molar-refractivity contribution < 1.29 is 38.5 Å². The number of carbonyl (C=O) groups is 3. The van der Waals surface area contributed by atoms with Crippen LogP contribution >= 0.6 is 23.5 Å². The number of esters is 1. The van der Waals surface area contributed by atoms with Gasteiger partial charge in [0.15, 0.2) is 0 Å². The maximum absolute atomic E-state index is 13.7. The van der Waals surface area contributed by atoms with Crippen LogP contribution in [0.2, 0.25) is 0 Å². The second kappa shape index (κ2) is 17.3. The number of alkyl carbamates (subject to hydrolysis) is 1. The highest BCUT2D eigenvalue weighted by atomic mass is 32.2. The van der Waals surface area contributed by atoms with Crippen LogP contribution in [0.3, 0.4) is 0 Å². The minimum atomic E-state index is -1.13. The van der Waals surface area contributed by atoms with Gasteiger partial charge in [-0.05, 0) is 76.1 Å². The highest BCUT2D eigenvalue weighted by Crippen LogP contribution is 2.28. The lowest BCUT2D eigenvalue weighted by molar-refractivity contribution is -0.151. The van der Waals surface area contributed by atoms with Crippen LogP contribution in [0.1, 0.15) is 45.7 Å². The summed E-state index contributed by atoms with van der Waals surface area (Å²) < 4.78 is 24.2. The number of hydrogen-bond acceptors (Lipinski definition) is 9. The number of aliphatic hydroxyl groups is 2. The van der Waals surface area contributed by atoms with Gasteiger partial charge < -0.3 is 30.3 Å². The van der Waals surface area contributed by atoms with Crippen LogP contribution in [-0.2, 0) is 31.9 Å². The molecule has 0 aromatic heterocycles. The van der Waals surface area contributed by atoms with Gasteiger partial charge in [0.05, 0.1) is 19.3 Å². The standard InChI is InChI=1S/C30H41FN2O7S2/c1-19(2)39-28(37)26(16-20-6-8-22(31)9-7-20)32-27(36)25(33-29(38)40-30(3,4)5)17-21-14-23(41-12-10-34)18-24(15-21)42-13-11-35/h6-9,14-15,18-19,25-26,34-35H,10-13,16-17H2,1-5H3,(H,32,36)(H,33,38)/t25-,26-/m0/s1. The number of aliphatic hydroxyl groups excluding tert-OH is 2. The Hall–Kier alpha value is -2.80. The van der Waals surface area contributed by atoms with Crippen molar-refractivity contribution in [3.05, 3.63) is 59.4 Å². The van der Waals surface area contributed by atoms with Gasteiger partial charge in [-0.25, -0.2) is 14.0 Å². The SMILES string of the molecule is CC(C)OC(=O)[C@H](Cc1ccc(F)cc1)NC(=O)[C@H](Cc1cc(SCCO)cc(SCCO)c1)NC(=O)OC(C)(C)C. The van der Waals surface area contributed by atoms with Crippen molar-refractivity contribution in [1.82, 2.24) is 10.6 Å². The van der Waals surface area contributed by atoms with Gasteiger partial charge in [-0.15, -0.1) is 23.5 Å². The van der Waals surface area contributed by atoms with Crippen LogP contribution in [-0.4, -0.2) is 76.7 Å². The predicted octanol–water partition coefficient (Wildman–Crippen LogP) is 4.11. The van der Waals surface area contributed by atoms with E-state index in [1.807, 2.05) is 18.2 Å². The summed E-state index contributed by atoms with van der Waals surface area (Å²) in [6, 6.07) is 9.01. The minimum absolute atomic E-state index is 0.0127. The largest absolute Gasteiger partial charge is 0.461 e. The molecule has 2 aromatic rings. The van der Waals surface area contributed by atoms with Gasteiger partial charge >= 0.3 is 12.1 Å². The monoisotopic (exact) mass is 624 g/mol. The first-order chi connectivity index (χ1) is 19.8. The highest BCUT2D eigenvalue weighted by Gasteiger charge is 2.30. The van der Waals surface area contributed by atoms with Crippen LogP contribution in [0.15, 0.2) is 52.3 Å². The molecule has 2 amide bonds. The summed E-state index contributed by atoms with van der Waals surface area (Å²) in [4.78, 5) is 41.1.